The summed E-state index contributed by atoms with van der Waals surface area (Å²) >= 11 is 0. The number of rotatable bonds is 17. The molecule has 3 aromatic rings. The Balaban J connectivity index is 1.87. The first-order valence-electron chi connectivity index (χ1n) is 12.1. The normalized spacial score (nSPS) is 11.3. The second-order valence-corrected chi connectivity index (χ2v) is 9.48. The molecule has 17 nitrogen and oxygen atoms in total. The largest absolute Gasteiger partial charge is 0.394 e. The zero-order valence-electron chi connectivity index (χ0n) is 22.0. The van der Waals surface area contributed by atoms with Crippen LogP contribution >= 0.6 is 0 Å². The fourth-order valence-electron chi connectivity index (χ4n) is 3.22. The van der Waals surface area contributed by atoms with Crippen molar-refractivity contribution in [3.05, 3.63) is 29.8 Å². The fourth-order valence-corrected chi connectivity index (χ4v) is 3.77. The average Bonchev–Trinajstić information content (AvgIpc) is 2.87. The van der Waals surface area contributed by atoms with Crippen molar-refractivity contribution in [2.24, 2.45) is 0 Å². The Kier molecular flexibility index (Phi) is 11.6. The summed E-state index contributed by atoms with van der Waals surface area (Å²) in [6, 6.07) is 3.99. The van der Waals surface area contributed by atoms with Crippen LogP contribution in [-0.2, 0) is 19.6 Å². The van der Waals surface area contributed by atoms with Crippen molar-refractivity contribution in [1.29, 1.82) is 0 Å². The Morgan fingerprint density at radius 2 is 1.12 bits per heavy atom. The number of hydrogen-bond acceptors (Lipinski definition) is 16. The third-order valence-corrected chi connectivity index (χ3v) is 5.57. The second kappa shape index (κ2) is 15.1. The van der Waals surface area contributed by atoms with E-state index in [0.717, 1.165) is 0 Å². The standard InChI is InChI=1S/C22H32N10O7S/c1-14-25-15(2)27-21(26-14)28-16-11-17(13-18(12-16)40(35,36)37)29-22-31-19(23-3-7-38-9-5-33)30-20(32-22)24-4-8-39-10-6-34/h11-13,33-34H,3-10H2,1-2H3,(H,35,36,37)(H,25,26,27,28)(H3,23,24,29,30,31,32). The molecule has 0 aliphatic rings. The number of hydrogen-bond donors (Lipinski definition) is 7. The molecule has 0 amide bonds. The predicted molar refractivity (Wildman–Crippen MR) is 145 cm³/mol. The van der Waals surface area contributed by atoms with Gasteiger partial charge in [-0.1, -0.05) is 0 Å². The van der Waals surface area contributed by atoms with E-state index in [0.29, 0.717) is 24.7 Å². The lowest BCUT2D eigenvalue weighted by Crippen LogP contribution is -2.17. The van der Waals surface area contributed by atoms with Gasteiger partial charge >= 0.3 is 0 Å². The van der Waals surface area contributed by atoms with Gasteiger partial charge in [-0.3, -0.25) is 4.55 Å². The molecular formula is C22H32N10O7S. The van der Waals surface area contributed by atoms with Crippen LogP contribution in [0.15, 0.2) is 23.1 Å². The topological polar surface area (TPSA) is 239 Å². The summed E-state index contributed by atoms with van der Waals surface area (Å²) < 4.78 is 44.2. The number of nitrogens with one attached hydrogen (secondary N) is 4. The lowest BCUT2D eigenvalue weighted by Gasteiger charge is -2.13. The summed E-state index contributed by atoms with van der Waals surface area (Å²) in [5, 5.41) is 29.5. The zero-order chi connectivity index (χ0) is 29.0. The van der Waals surface area contributed by atoms with E-state index in [-0.39, 0.29) is 74.8 Å². The molecule has 0 aliphatic carbocycles. The number of aliphatic hydroxyl groups is 2. The molecule has 40 heavy (non-hydrogen) atoms. The number of ether oxygens (including phenoxy) is 2. The number of benzene rings is 1. The van der Waals surface area contributed by atoms with Crippen molar-refractivity contribution in [2.45, 2.75) is 18.7 Å². The molecular weight excluding hydrogens is 548 g/mol. The summed E-state index contributed by atoms with van der Waals surface area (Å²) in [6.07, 6.45) is 0. The van der Waals surface area contributed by atoms with Crippen molar-refractivity contribution in [3.8, 4) is 0 Å². The zero-order valence-corrected chi connectivity index (χ0v) is 22.8. The number of aryl methyl sites for hydroxylation is 2. The highest BCUT2D eigenvalue weighted by Crippen LogP contribution is 2.26. The van der Waals surface area contributed by atoms with Crippen molar-refractivity contribution < 1.29 is 32.7 Å². The van der Waals surface area contributed by atoms with Gasteiger partial charge in [0.2, 0.25) is 23.8 Å². The summed E-state index contributed by atoms with van der Waals surface area (Å²) in [4.78, 5) is 25.0. The SMILES string of the molecule is Cc1nc(C)nc(Nc2cc(Nc3nc(NCCOCCO)nc(NCCOCCO)n3)cc(S(=O)(=O)O)c2)n1. The summed E-state index contributed by atoms with van der Waals surface area (Å²) in [5.74, 6) is 1.54. The van der Waals surface area contributed by atoms with Gasteiger partial charge in [-0.25, -0.2) is 4.98 Å². The summed E-state index contributed by atoms with van der Waals surface area (Å²) in [6.45, 7) is 4.80. The van der Waals surface area contributed by atoms with Crippen LogP contribution in [0.2, 0.25) is 0 Å². The van der Waals surface area contributed by atoms with E-state index in [1.807, 2.05) is 0 Å². The number of nitrogens with zero attached hydrogens (tertiary/aromatic N) is 6. The highest BCUT2D eigenvalue weighted by Gasteiger charge is 2.15. The molecule has 0 unspecified atom stereocenters. The van der Waals surface area contributed by atoms with Crippen LogP contribution in [0.4, 0.5) is 35.2 Å². The molecule has 0 saturated heterocycles. The third-order valence-electron chi connectivity index (χ3n) is 4.74. The molecule has 0 aliphatic heterocycles. The quantitative estimate of drug-likeness (QED) is 0.0836. The van der Waals surface area contributed by atoms with Crippen LogP contribution in [0, 0.1) is 13.8 Å². The third kappa shape index (κ3) is 10.4. The van der Waals surface area contributed by atoms with E-state index in [2.05, 4.69) is 51.2 Å². The molecule has 7 N–H and O–H groups in total. The Labute approximate surface area is 230 Å². The van der Waals surface area contributed by atoms with Crippen LogP contribution < -0.4 is 21.3 Å². The Hall–Kier alpha value is -3.81. The molecule has 218 valence electrons. The minimum Gasteiger partial charge on any atom is -0.394 e. The average molecular weight is 581 g/mol. The summed E-state index contributed by atoms with van der Waals surface area (Å²) in [7, 11) is -4.58. The molecule has 0 spiro atoms. The van der Waals surface area contributed by atoms with Gasteiger partial charge in [-0.05, 0) is 32.0 Å². The molecule has 2 heterocycles. The second-order valence-electron chi connectivity index (χ2n) is 8.06. The van der Waals surface area contributed by atoms with Crippen LogP contribution in [0.5, 0.6) is 0 Å². The van der Waals surface area contributed by atoms with E-state index in [4.69, 9.17) is 19.7 Å². The number of aliphatic hydroxyl groups excluding tert-OH is 2. The van der Waals surface area contributed by atoms with Crippen LogP contribution in [0.3, 0.4) is 0 Å². The first-order valence-corrected chi connectivity index (χ1v) is 13.6. The molecule has 2 aromatic heterocycles. The maximum Gasteiger partial charge on any atom is 0.294 e. The van der Waals surface area contributed by atoms with E-state index in [9.17, 15) is 13.0 Å². The fraction of sp³-hybridized carbons (Fsp3) is 0.455. The molecule has 1 aromatic carbocycles. The summed E-state index contributed by atoms with van der Waals surface area (Å²) in [5.41, 5.74) is 0.483. The van der Waals surface area contributed by atoms with E-state index < -0.39 is 15.0 Å². The molecule has 0 saturated carbocycles. The van der Waals surface area contributed by atoms with Crippen LogP contribution in [0.25, 0.3) is 0 Å². The monoisotopic (exact) mass is 580 g/mol. The molecule has 0 bridgehead atoms. The minimum atomic E-state index is -4.58. The van der Waals surface area contributed by atoms with Gasteiger partial charge in [0, 0.05) is 24.5 Å². The smallest absolute Gasteiger partial charge is 0.294 e. The van der Waals surface area contributed by atoms with Crippen LogP contribution in [-0.4, -0.2) is 106 Å². The molecule has 0 radical (unpaired) electrons. The van der Waals surface area contributed by atoms with Crippen molar-refractivity contribution in [2.75, 3.05) is 74.0 Å². The highest BCUT2D eigenvalue weighted by molar-refractivity contribution is 7.85. The Morgan fingerprint density at radius 1 is 0.675 bits per heavy atom. The van der Waals surface area contributed by atoms with Crippen molar-refractivity contribution >= 4 is 45.3 Å². The van der Waals surface area contributed by atoms with Gasteiger partial charge in [-0.2, -0.15) is 33.3 Å². The lowest BCUT2D eigenvalue weighted by molar-refractivity contribution is 0.0990. The number of aromatic nitrogens is 6. The highest BCUT2D eigenvalue weighted by atomic mass is 32.2. The van der Waals surface area contributed by atoms with Gasteiger partial charge in [0.15, 0.2) is 0 Å². The van der Waals surface area contributed by atoms with E-state index in [1.54, 1.807) is 19.9 Å². The van der Waals surface area contributed by atoms with Gasteiger partial charge in [0.25, 0.3) is 10.1 Å². The van der Waals surface area contributed by atoms with Crippen LogP contribution in [0.1, 0.15) is 11.6 Å². The van der Waals surface area contributed by atoms with Gasteiger partial charge in [0.05, 0.1) is 44.5 Å². The molecule has 3 rings (SSSR count). The first-order chi connectivity index (χ1) is 19.2. The van der Waals surface area contributed by atoms with Gasteiger partial charge in [-0.15, -0.1) is 0 Å². The molecule has 0 fully saturated rings. The maximum absolute atomic E-state index is 12.0. The molecule has 0 atom stereocenters. The van der Waals surface area contributed by atoms with Gasteiger partial charge < -0.3 is 41.0 Å². The Morgan fingerprint density at radius 3 is 1.57 bits per heavy atom. The van der Waals surface area contributed by atoms with E-state index in [1.165, 1.54) is 12.1 Å². The van der Waals surface area contributed by atoms with E-state index >= 15 is 0 Å². The van der Waals surface area contributed by atoms with Gasteiger partial charge in [0.1, 0.15) is 11.6 Å². The molecule has 18 heteroatoms. The lowest BCUT2D eigenvalue weighted by atomic mass is 10.2. The number of anilines is 6. The van der Waals surface area contributed by atoms with Crippen molar-refractivity contribution in [3.63, 3.8) is 0 Å². The Bertz CT molecular complexity index is 1310. The maximum atomic E-state index is 12.0. The minimum absolute atomic E-state index is 0.0536. The van der Waals surface area contributed by atoms with Crippen molar-refractivity contribution in [1.82, 2.24) is 29.9 Å². The first kappa shape index (κ1) is 30.7. The predicted octanol–water partition coefficient (Wildman–Crippen LogP) is 0.249.